The monoisotopic (exact) mass is 493 g/mol. The molecule has 1 aliphatic carbocycles. The highest BCUT2D eigenvalue weighted by molar-refractivity contribution is 5.73. The molecular formula is C30H37F2N3O. The average molecular weight is 494 g/mol. The molecule has 1 fully saturated rings. The molecule has 0 bridgehead atoms. The summed E-state index contributed by atoms with van der Waals surface area (Å²) < 4.78 is 27.4. The Morgan fingerprint density at radius 1 is 1.14 bits per heavy atom. The van der Waals surface area contributed by atoms with Gasteiger partial charge in [0.15, 0.2) is 0 Å². The Balaban J connectivity index is 1.80. The van der Waals surface area contributed by atoms with E-state index in [2.05, 4.69) is 61.7 Å². The summed E-state index contributed by atoms with van der Waals surface area (Å²) in [4.78, 5) is 11.8. The number of nitrogens with zero attached hydrogens (tertiary/aromatic N) is 1. The van der Waals surface area contributed by atoms with E-state index in [4.69, 9.17) is 5.26 Å². The molecule has 2 N–H and O–H groups in total. The molecule has 0 aliphatic heterocycles. The van der Waals surface area contributed by atoms with Gasteiger partial charge in [0, 0.05) is 30.6 Å². The number of hydrogen-bond donors (Lipinski definition) is 2. The first-order valence-corrected chi connectivity index (χ1v) is 12.7. The fraction of sp³-hybridized carbons (Fsp3) is 0.467. The molecule has 0 spiro atoms. The van der Waals surface area contributed by atoms with Gasteiger partial charge >= 0.3 is 0 Å². The van der Waals surface area contributed by atoms with Crippen molar-refractivity contribution in [2.75, 3.05) is 6.54 Å². The van der Waals surface area contributed by atoms with Crippen LogP contribution in [0.3, 0.4) is 0 Å². The van der Waals surface area contributed by atoms with Crippen LogP contribution in [0.1, 0.15) is 76.5 Å². The van der Waals surface area contributed by atoms with E-state index in [0.717, 1.165) is 31.7 Å². The Bertz CT molecular complexity index is 1110. The van der Waals surface area contributed by atoms with Gasteiger partial charge < -0.3 is 10.6 Å². The number of nitrogens with one attached hydrogen (secondary N) is 2. The molecule has 2 aromatic rings. The predicted molar refractivity (Wildman–Crippen MR) is 139 cm³/mol. The lowest BCUT2D eigenvalue weighted by Gasteiger charge is -2.41. The number of benzene rings is 2. The number of halogens is 2. The van der Waals surface area contributed by atoms with Gasteiger partial charge in [-0.05, 0) is 79.3 Å². The predicted octanol–water partition coefficient (Wildman–Crippen LogP) is 6.21. The van der Waals surface area contributed by atoms with E-state index in [1.54, 1.807) is 6.08 Å². The molecule has 0 radical (unpaired) electrons. The van der Waals surface area contributed by atoms with Gasteiger partial charge in [0.25, 0.3) is 0 Å². The fourth-order valence-electron chi connectivity index (χ4n) is 5.10. The van der Waals surface area contributed by atoms with Crippen LogP contribution in [0.4, 0.5) is 8.78 Å². The van der Waals surface area contributed by atoms with E-state index in [0.29, 0.717) is 24.9 Å². The van der Waals surface area contributed by atoms with Gasteiger partial charge in [0.05, 0.1) is 6.07 Å². The topological polar surface area (TPSA) is 64.9 Å². The summed E-state index contributed by atoms with van der Waals surface area (Å²) in [6.07, 6.45) is 6.05. The van der Waals surface area contributed by atoms with Crippen molar-refractivity contribution >= 4 is 5.91 Å². The standard InChI is InChI=1S/C30H37F2N3O/c1-21(36)35-28(18-23-16-26(31)20-27(32)17-23)11-15-34-30(12-8-22(9-13-30)10-14-33)25-7-5-6-24(19-25)29(2,3)4/h5-7,10,16-17,19-20,28,34H,8-9,11-13,15,18H2,1-4H3,(H,35,36)/t28-,30?/m1/s1. The van der Waals surface area contributed by atoms with Gasteiger partial charge in [-0.15, -0.1) is 0 Å². The fourth-order valence-corrected chi connectivity index (χ4v) is 5.10. The Morgan fingerprint density at radius 3 is 2.39 bits per heavy atom. The van der Waals surface area contributed by atoms with Crippen molar-refractivity contribution in [3.63, 3.8) is 0 Å². The van der Waals surface area contributed by atoms with Gasteiger partial charge in [-0.1, -0.05) is 50.6 Å². The number of amides is 1. The van der Waals surface area contributed by atoms with Crippen LogP contribution in [0.15, 0.2) is 54.1 Å². The normalized spacial score (nSPS) is 18.9. The highest BCUT2D eigenvalue weighted by atomic mass is 19.1. The first kappa shape index (κ1) is 27.5. The smallest absolute Gasteiger partial charge is 0.217 e. The van der Waals surface area contributed by atoms with E-state index >= 15 is 0 Å². The molecule has 36 heavy (non-hydrogen) atoms. The summed E-state index contributed by atoms with van der Waals surface area (Å²) in [5.74, 6) is -1.41. The number of carbonyl (C=O) groups is 1. The second-order valence-corrected chi connectivity index (χ2v) is 10.9. The molecule has 1 amide bonds. The largest absolute Gasteiger partial charge is 0.353 e. The molecule has 1 atom stereocenters. The van der Waals surface area contributed by atoms with Crippen LogP contribution in [0.2, 0.25) is 0 Å². The molecule has 0 aromatic heterocycles. The van der Waals surface area contributed by atoms with Crippen molar-refractivity contribution in [3.05, 3.63) is 82.4 Å². The van der Waals surface area contributed by atoms with E-state index in [1.165, 1.54) is 35.8 Å². The molecule has 3 rings (SSSR count). The Morgan fingerprint density at radius 2 is 1.81 bits per heavy atom. The summed E-state index contributed by atoms with van der Waals surface area (Å²) >= 11 is 0. The molecule has 0 unspecified atom stereocenters. The van der Waals surface area contributed by atoms with E-state index < -0.39 is 11.6 Å². The number of carbonyl (C=O) groups excluding carboxylic acids is 1. The van der Waals surface area contributed by atoms with Crippen LogP contribution in [0, 0.1) is 23.0 Å². The third kappa shape index (κ3) is 7.48. The van der Waals surface area contributed by atoms with Crippen LogP contribution >= 0.6 is 0 Å². The van der Waals surface area contributed by atoms with Crippen molar-refractivity contribution in [2.45, 2.75) is 83.2 Å². The molecule has 2 aromatic carbocycles. The van der Waals surface area contributed by atoms with Crippen LogP contribution in [0.5, 0.6) is 0 Å². The van der Waals surface area contributed by atoms with Gasteiger partial charge in [-0.25, -0.2) is 8.78 Å². The van der Waals surface area contributed by atoms with Crippen LogP contribution in [-0.4, -0.2) is 18.5 Å². The summed E-state index contributed by atoms with van der Waals surface area (Å²) in [7, 11) is 0. The Hall–Kier alpha value is -3.04. The molecule has 6 heteroatoms. The Kier molecular flexibility index (Phi) is 9.03. The molecule has 0 heterocycles. The highest BCUT2D eigenvalue weighted by Crippen LogP contribution is 2.40. The van der Waals surface area contributed by atoms with E-state index in [1.807, 2.05) is 0 Å². The van der Waals surface area contributed by atoms with Gasteiger partial charge in [-0.2, -0.15) is 5.26 Å². The summed E-state index contributed by atoms with van der Waals surface area (Å²) in [5.41, 5.74) is 3.96. The van der Waals surface area contributed by atoms with E-state index in [9.17, 15) is 13.6 Å². The summed E-state index contributed by atoms with van der Waals surface area (Å²) in [6.45, 7) is 8.69. The second kappa shape index (κ2) is 11.8. The lowest BCUT2D eigenvalue weighted by atomic mass is 9.73. The van der Waals surface area contributed by atoms with Gasteiger partial charge in [-0.3, -0.25) is 4.79 Å². The van der Waals surface area contributed by atoms with Crippen molar-refractivity contribution in [1.82, 2.24) is 10.6 Å². The van der Waals surface area contributed by atoms with Crippen molar-refractivity contribution in [2.24, 2.45) is 0 Å². The maximum absolute atomic E-state index is 13.7. The van der Waals surface area contributed by atoms with Gasteiger partial charge in [0.1, 0.15) is 11.6 Å². The molecule has 1 aliphatic rings. The maximum atomic E-state index is 13.7. The first-order chi connectivity index (χ1) is 17.0. The van der Waals surface area contributed by atoms with Crippen LogP contribution < -0.4 is 10.6 Å². The van der Waals surface area contributed by atoms with Crippen molar-refractivity contribution < 1.29 is 13.6 Å². The molecule has 4 nitrogen and oxygen atoms in total. The van der Waals surface area contributed by atoms with Crippen LogP contribution in [-0.2, 0) is 22.2 Å². The first-order valence-electron chi connectivity index (χ1n) is 12.7. The van der Waals surface area contributed by atoms with E-state index in [-0.39, 0.29) is 22.9 Å². The number of allylic oxidation sites excluding steroid dienone is 2. The number of rotatable bonds is 8. The quantitative estimate of drug-likeness (QED) is 0.430. The molecule has 1 saturated carbocycles. The summed E-state index contributed by atoms with van der Waals surface area (Å²) in [5, 5.41) is 15.8. The summed E-state index contributed by atoms with van der Waals surface area (Å²) in [6, 6.07) is 14.1. The minimum atomic E-state index is -0.620. The Labute approximate surface area is 213 Å². The molecule has 192 valence electrons. The lowest BCUT2D eigenvalue weighted by Crippen LogP contribution is -2.47. The lowest BCUT2D eigenvalue weighted by molar-refractivity contribution is -0.119. The average Bonchev–Trinajstić information content (AvgIpc) is 2.79. The minimum absolute atomic E-state index is 0.0223. The zero-order valence-corrected chi connectivity index (χ0v) is 21.8. The molecule has 0 saturated heterocycles. The van der Waals surface area contributed by atoms with Crippen molar-refractivity contribution in [1.29, 1.82) is 5.26 Å². The SMILES string of the molecule is CC(=O)N[C@H](CCNC1(c2cccc(C(C)(C)C)c2)CCC(=CC#N)CC1)Cc1cc(F)cc(F)c1. The third-order valence-corrected chi connectivity index (χ3v) is 7.06. The van der Waals surface area contributed by atoms with Crippen molar-refractivity contribution in [3.8, 4) is 6.07 Å². The maximum Gasteiger partial charge on any atom is 0.217 e. The highest BCUT2D eigenvalue weighted by Gasteiger charge is 2.35. The zero-order chi connectivity index (χ0) is 26.3. The number of nitriles is 1. The molecular weight excluding hydrogens is 456 g/mol. The van der Waals surface area contributed by atoms with Crippen LogP contribution in [0.25, 0.3) is 0 Å². The van der Waals surface area contributed by atoms with Gasteiger partial charge in [0.2, 0.25) is 5.91 Å². The minimum Gasteiger partial charge on any atom is -0.353 e. The zero-order valence-electron chi connectivity index (χ0n) is 21.8. The number of hydrogen-bond acceptors (Lipinski definition) is 3. The second-order valence-electron chi connectivity index (χ2n) is 10.9. The third-order valence-electron chi connectivity index (χ3n) is 7.06.